The van der Waals surface area contributed by atoms with Gasteiger partial charge in [0.15, 0.2) is 0 Å². The van der Waals surface area contributed by atoms with Gasteiger partial charge in [0.05, 0.1) is 10.8 Å². The lowest BCUT2D eigenvalue weighted by molar-refractivity contribution is -0.167. The van der Waals surface area contributed by atoms with Crippen molar-refractivity contribution in [1.29, 1.82) is 0 Å². The van der Waals surface area contributed by atoms with Gasteiger partial charge in [0.1, 0.15) is 5.78 Å². The number of nitrogens with one attached hydrogen (secondary N) is 1. The van der Waals surface area contributed by atoms with E-state index < -0.39 is 33.8 Å². The summed E-state index contributed by atoms with van der Waals surface area (Å²) in [5.41, 5.74) is 0. The fourth-order valence-electron chi connectivity index (χ4n) is 3.96. The van der Waals surface area contributed by atoms with Crippen LogP contribution in [0.25, 0.3) is 0 Å². The molecule has 8 nitrogen and oxygen atoms in total. The third kappa shape index (κ3) is 29.7. The van der Waals surface area contributed by atoms with Crippen molar-refractivity contribution in [3.05, 3.63) is 12.2 Å². The van der Waals surface area contributed by atoms with Crippen LogP contribution in [0.4, 0.5) is 0 Å². The molecule has 0 aliphatic rings. The van der Waals surface area contributed by atoms with E-state index in [9.17, 15) is 19.2 Å². The minimum atomic E-state index is -0.571. The molecule has 10 heteroatoms. The van der Waals surface area contributed by atoms with Gasteiger partial charge in [-0.1, -0.05) is 76.9 Å². The summed E-state index contributed by atoms with van der Waals surface area (Å²) in [6, 6.07) is 0. The minimum Gasteiger partial charge on any atom is -0.428 e. The topological polar surface area (TPSA) is 111 Å². The average Bonchev–Trinajstić information content (AvgIpc) is 2.94. The van der Waals surface area contributed by atoms with Gasteiger partial charge in [0.2, 0.25) is 12.7 Å². The average molecular weight is 697 g/mol. The summed E-state index contributed by atoms with van der Waals surface area (Å²) in [7, 11) is 0. The number of allylic oxidation sites excluding steroid dienone is 2. The van der Waals surface area contributed by atoms with E-state index in [-0.39, 0.29) is 30.5 Å². The number of alkyl halides is 1. The second-order valence-electron chi connectivity index (χ2n) is 10.0. The predicted octanol–water partition coefficient (Wildman–Crippen LogP) is 8.09. The van der Waals surface area contributed by atoms with Gasteiger partial charge >= 0.3 is 11.9 Å². The van der Waals surface area contributed by atoms with Crippen LogP contribution in [0.3, 0.4) is 0 Å². The third-order valence-electron chi connectivity index (χ3n) is 6.36. The monoisotopic (exact) mass is 696 g/mol. The highest BCUT2D eigenvalue weighted by molar-refractivity contribution is 14.2. The Morgan fingerprint density at radius 1 is 0.700 bits per heavy atom. The molecule has 0 atom stereocenters. The lowest BCUT2D eigenvalue weighted by Crippen LogP contribution is -2.25. The first-order valence-corrected chi connectivity index (χ1v) is 18.1. The first-order chi connectivity index (χ1) is 19.5. The molecule has 0 aromatic carbocycles. The number of hydrogen-bond acceptors (Lipinski definition) is 8. The number of thiol groups is 1. The van der Waals surface area contributed by atoms with Gasteiger partial charge in [-0.05, 0) is 57.8 Å². The maximum atomic E-state index is 11.8. The van der Waals surface area contributed by atoms with Crippen LogP contribution in [-0.2, 0) is 28.7 Å². The lowest BCUT2D eigenvalue weighted by Gasteiger charge is -2.07. The molecule has 0 bridgehead atoms. The molecule has 1 amide bonds. The largest absolute Gasteiger partial charge is 0.428 e. The predicted molar refractivity (Wildman–Crippen MR) is 173 cm³/mol. The zero-order valence-electron chi connectivity index (χ0n) is 24.6. The van der Waals surface area contributed by atoms with Crippen molar-refractivity contribution >= 4 is 57.5 Å². The number of ketones is 1. The molecule has 1 N–H and O–H groups in total. The minimum absolute atomic E-state index is 0.0249. The highest BCUT2D eigenvalue weighted by Gasteiger charge is 2.09. The van der Waals surface area contributed by atoms with E-state index in [1.54, 1.807) is 0 Å². The van der Waals surface area contributed by atoms with Gasteiger partial charge in [-0.15, -0.1) is 0 Å². The van der Waals surface area contributed by atoms with E-state index in [0.717, 1.165) is 51.4 Å². The molecule has 0 radical (unpaired) electrons. The summed E-state index contributed by atoms with van der Waals surface area (Å²) in [5, 5.41) is 2.76. The van der Waals surface area contributed by atoms with Crippen LogP contribution in [0.2, 0.25) is 0 Å². The number of nitrogens with zero attached hydrogens (tertiary/aromatic N) is 1. The third-order valence-corrected chi connectivity index (χ3v) is 8.57. The Bertz CT molecular complexity index is 733. The SMILES string of the molecule is CCCCCCCC/C=C/CCCCCCCC(=O)OCOC(=O)CCC(=O)NCCCCCC(=O)CI=NS. The van der Waals surface area contributed by atoms with Crippen molar-refractivity contribution in [3.63, 3.8) is 0 Å². The van der Waals surface area contributed by atoms with E-state index in [1.807, 2.05) is 0 Å². The summed E-state index contributed by atoms with van der Waals surface area (Å²) in [5.74, 6) is -0.947. The Morgan fingerprint density at radius 2 is 1.25 bits per heavy atom. The van der Waals surface area contributed by atoms with Crippen LogP contribution in [0, 0.1) is 0 Å². The van der Waals surface area contributed by atoms with E-state index in [1.165, 1.54) is 51.4 Å². The fourth-order valence-corrected chi connectivity index (χ4v) is 5.23. The quantitative estimate of drug-likeness (QED) is 0.0163. The summed E-state index contributed by atoms with van der Waals surface area (Å²) in [6.07, 6.45) is 23.5. The van der Waals surface area contributed by atoms with Crippen LogP contribution >= 0.6 is 33.8 Å². The van der Waals surface area contributed by atoms with Gasteiger partial charge < -0.3 is 14.8 Å². The standard InChI is InChI=1S/C30H53IN2O6S/c1-2-3-4-5-6-7-8-9-10-11-12-13-14-15-18-21-29(36)38-26-39-30(37)23-22-28(35)32-24-19-16-17-20-27(34)25-31-33-40/h9-10,40H,2-8,11-26H2,1H3,(H,32,35)/b10-9+. The molecule has 0 unspecified atom stereocenters. The number of ether oxygens (including phenoxy) is 2. The number of hydrogen-bond donors (Lipinski definition) is 2. The Balaban J connectivity index is 3.49. The molecule has 0 heterocycles. The number of carbonyl (C=O) groups is 4. The van der Waals surface area contributed by atoms with Crippen molar-refractivity contribution in [2.24, 2.45) is 2.55 Å². The Labute approximate surface area is 258 Å². The molecule has 0 saturated heterocycles. The molecule has 40 heavy (non-hydrogen) atoms. The summed E-state index contributed by atoms with van der Waals surface area (Å²) in [6.45, 7) is 2.35. The number of halogens is 1. The molecule has 232 valence electrons. The van der Waals surface area contributed by atoms with Crippen molar-refractivity contribution in [3.8, 4) is 0 Å². The van der Waals surface area contributed by atoms with Crippen LogP contribution in [0.1, 0.15) is 135 Å². The highest BCUT2D eigenvalue weighted by Crippen LogP contribution is 2.11. The summed E-state index contributed by atoms with van der Waals surface area (Å²) < 4.78 is 14.1. The number of Topliss-reactive ketones (excluding diaryl/α,β-unsaturated/α-hetero) is 1. The number of esters is 2. The summed E-state index contributed by atoms with van der Waals surface area (Å²) >= 11 is 3.32. The number of carbonyl (C=O) groups excluding carboxylic acids is 4. The van der Waals surface area contributed by atoms with Crippen molar-refractivity contribution in [2.45, 2.75) is 135 Å². The highest BCUT2D eigenvalue weighted by atomic mass is 127. The van der Waals surface area contributed by atoms with Gasteiger partial charge in [0.25, 0.3) is 0 Å². The second kappa shape index (κ2) is 30.7. The first kappa shape index (κ1) is 38.7. The zero-order valence-corrected chi connectivity index (χ0v) is 27.7. The maximum absolute atomic E-state index is 11.8. The van der Waals surface area contributed by atoms with E-state index in [4.69, 9.17) is 9.47 Å². The Morgan fingerprint density at radius 3 is 1.90 bits per heavy atom. The number of unbranched alkanes of at least 4 members (excludes halogenated alkanes) is 13. The Kier molecular flexibility index (Phi) is 29.7. The molecule has 0 fully saturated rings. The van der Waals surface area contributed by atoms with Crippen LogP contribution in [-0.4, -0.2) is 41.4 Å². The molecule has 0 aliphatic carbocycles. The lowest BCUT2D eigenvalue weighted by atomic mass is 10.1. The zero-order chi connectivity index (χ0) is 29.5. The van der Waals surface area contributed by atoms with Crippen molar-refractivity contribution < 1.29 is 28.7 Å². The molecule has 0 aromatic rings. The van der Waals surface area contributed by atoms with Crippen molar-refractivity contribution in [2.75, 3.05) is 17.8 Å². The molecule has 0 saturated carbocycles. The van der Waals surface area contributed by atoms with Gasteiger partial charge in [-0.2, -0.15) is 2.55 Å². The van der Waals surface area contributed by atoms with E-state index in [2.05, 4.69) is 39.8 Å². The smallest absolute Gasteiger partial charge is 0.309 e. The molecule has 0 aliphatic heterocycles. The fraction of sp³-hybridized carbons (Fsp3) is 0.800. The Hall–Kier alpha value is -1.30. The van der Waals surface area contributed by atoms with Crippen molar-refractivity contribution in [1.82, 2.24) is 5.32 Å². The molecular formula is C30H53IN2O6S. The van der Waals surface area contributed by atoms with E-state index in [0.29, 0.717) is 23.8 Å². The van der Waals surface area contributed by atoms with E-state index >= 15 is 0 Å². The van der Waals surface area contributed by atoms with Gasteiger partial charge in [-0.25, -0.2) is 0 Å². The number of rotatable bonds is 28. The molecular weight excluding hydrogens is 643 g/mol. The van der Waals surface area contributed by atoms with Crippen LogP contribution in [0.5, 0.6) is 0 Å². The second-order valence-corrected chi connectivity index (χ2v) is 12.9. The van der Waals surface area contributed by atoms with Crippen LogP contribution in [0.15, 0.2) is 14.7 Å². The number of amides is 1. The normalized spacial score (nSPS) is 11.4. The molecule has 0 aromatic heterocycles. The van der Waals surface area contributed by atoms with Gasteiger partial charge in [-0.3, -0.25) is 19.2 Å². The summed E-state index contributed by atoms with van der Waals surface area (Å²) in [4.78, 5) is 46.9. The molecule has 0 spiro atoms. The maximum Gasteiger partial charge on any atom is 0.309 e. The molecule has 0 rings (SSSR count). The van der Waals surface area contributed by atoms with Crippen LogP contribution < -0.4 is 5.32 Å². The first-order valence-electron chi connectivity index (χ1n) is 15.2. The van der Waals surface area contributed by atoms with Gasteiger partial charge in [0, 0.05) is 46.8 Å².